The Morgan fingerprint density at radius 1 is 1.43 bits per heavy atom. The third kappa shape index (κ3) is 3.29. The predicted octanol–water partition coefficient (Wildman–Crippen LogP) is 1.56. The zero-order valence-electron chi connectivity index (χ0n) is 13.1. The summed E-state index contributed by atoms with van der Waals surface area (Å²) in [5.74, 6) is 0. The first-order chi connectivity index (χ1) is 9.80. The third-order valence-corrected chi connectivity index (χ3v) is 6.06. The van der Waals surface area contributed by atoms with Crippen LogP contribution < -0.4 is 10.0 Å². The highest BCUT2D eigenvalue weighted by Crippen LogP contribution is 2.28. The molecule has 2 unspecified atom stereocenters. The van der Waals surface area contributed by atoms with Gasteiger partial charge in [-0.05, 0) is 51.4 Å². The van der Waals surface area contributed by atoms with Crippen molar-refractivity contribution < 1.29 is 13.2 Å². The van der Waals surface area contributed by atoms with E-state index >= 15 is 0 Å². The molecular weight excluding hydrogens is 288 g/mol. The second-order valence-electron chi connectivity index (χ2n) is 5.86. The summed E-state index contributed by atoms with van der Waals surface area (Å²) >= 11 is 0. The van der Waals surface area contributed by atoms with Crippen molar-refractivity contribution in [3.63, 3.8) is 0 Å². The normalized spacial score (nSPS) is 26.2. The fourth-order valence-corrected chi connectivity index (χ4v) is 4.45. The minimum atomic E-state index is -3.56. The van der Waals surface area contributed by atoms with Gasteiger partial charge in [0.05, 0.1) is 16.5 Å². The number of ether oxygens (including phenoxy) is 1. The Morgan fingerprint density at radius 3 is 2.71 bits per heavy atom. The van der Waals surface area contributed by atoms with E-state index in [9.17, 15) is 8.42 Å². The number of benzene rings is 1. The number of hydrogen-bond donors (Lipinski definition) is 2. The topological polar surface area (TPSA) is 67.4 Å². The van der Waals surface area contributed by atoms with Gasteiger partial charge in [-0.15, -0.1) is 0 Å². The van der Waals surface area contributed by atoms with Crippen LogP contribution in [0.1, 0.15) is 31.4 Å². The van der Waals surface area contributed by atoms with Crippen LogP contribution in [0.25, 0.3) is 0 Å². The van der Waals surface area contributed by atoms with Crippen molar-refractivity contribution in [2.45, 2.75) is 50.3 Å². The Bertz CT molecular complexity index is 615. The Kier molecular flexibility index (Phi) is 4.72. The van der Waals surface area contributed by atoms with Crippen LogP contribution in [0.5, 0.6) is 0 Å². The fraction of sp³-hybridized carbons (Fsp3) is 0.600. The molecule has 0 aliphatic carbocycles. The van der Waals surface area contributed by atoms with Gasteiger partial charge in [-0.1, -0.05) is 12.1 Å². The summed E-state index contributed by atoms with van der Waals surface area (Å²) in [6.07, 6.45) is 0.552. The summed E-state index contributed by atoms with van der Waals surface area (Å²) in [4.78, 5) is 0.343. The predicted molar refractivity (Wildman–Crippen MR) is 82.7 cm³/mol. The molecule has 1 aliphatic heterocycles. The minimum absolute atomic E-state index is 0.131. The zero-order valence-corrected chi connectivity index (χ0v) is 13.9. The van der Waals surface area contributed by atoms with Gasteiger partial charge in [-0.2, -0.15) is 0 Å². The van der Waals surface area contributed by atoms with Gasteiger partial charge in [0.2, 0.25) is 10.0 Å². The first-order valence-electron chi connectivity index (χ1n) is 7.19. The highest BCUT2D eigenvalue weighted by molar-refractivity contribution is 7.89. The summed E-state index contributed by atoms with van der Waals surface area (Å²) in [7, 11) is -1.72. The molecule has 0 radical (unpaired) electrons. The van der Waals surface area contributed by atoms with E-state index in [1.807, 2.05) is 33.9 Å². The zero-order chi connectivity index (χ0) is 15.7. The van der Waals surface area contributed by atoms with E-state index in [0.717, 1.165) is 11.1 Å². The second kappa shape index (κ2) is 6.04. The smallest absolute Gasteiger partial charge is 0.241 e. The van der Waals surface area contributed by atoms with Crippen LogP contribution in [0.3, 0.4) is 0 Å². The van der Waals surface area contributed by atoms with Crippen LogP contribution in [0.4, 0.5) is 0 Å². The van der Waals surface area contributed by atoms with Gasteiger partial charge in [-0.25, -0.2) is 13.1 Å². The van der Waals surface area contributed by atoms with Gasteiger partial charge in [0.25, 0.3) is 0 Å². The molecule has 0 bridgehead atoms. The standard InChI is InChI=1S/C15H24N2O3S/c1-11-13(10-16-4)6-5-7-14(11)21(18,19)17-15(3)8-9-20-12(15)2/h5-7,12,16-17H,8-10H2,1-4H3. The van der Waals surface area contributed by atoms with E-state index in [1.54, 1.807) is 12.1 Å². The van der Waals surface area contributed by atoms with E-state index in [0.29, 0.717) is 24.5 Å². The highest BCUT2D eigenvalue weighted by Gasteiger charge is 2.40. The van der Waals surface area contributed by atoms with Crippen LogP contribution in [-0.4, -0.2) is 33.7 Å². The molecule has 0 saturated carbocycles. The Labute approximate surface area is 127 Å². The summed E-state index contributed by atoms with van der Waals surface area (Å²) in [5.41, 5.74) is 1.22. The highest BCUT2D eigenvalue weighted by atomic mass is 32.2. The third-order valence-electron chi connectivity index (χ3n) is 4.31. The summed E-state index contributed by atoms with van der Waals surface area (Å²) in [6, 6.07) is 5.37. The average molecular weight is 312 g/mol. The van der Waals surface area contributed by atoms with Gasteiger partial charge >= 0.3 is 0 Å². The molecule has 1 aromatic carbocycles. The largest absolute Gasteiger partial charge is 0.376 e. The molecule has 1 saturated heterocycles. The number of sulfonamides is 1. The summed E-state index contributed by atoms with van der Waals surface area (Å²) in [5, 5.41) is 3.06. The maximum atomic E-state index is 12.7. The molecule has 1 fully saturated rings. The maximum Gasteiger partial charge on any atom is 0.241 e. The van der Waals surface area contributed by atoms with Gasteiger partial charge in [0, 0.05) is 13.2 Å². The van der Waals surface area contributed by atoms with E-state index in [4.69, 9.17) is 4.74 Å². The lowest BCUT2D eigenvalue weighted by molar-refractivity contribution is 0.0957. The molecule has 2 rings (SSSR count). The number of nitrogens with one attached hydrogen (secondary N) is 2. The van der Waals surface area contributed by atoms with Gasteiger partial charge in [0.1, 0.15) is 0 Å². The van der Waals surface area contributed by atoms with E-state index < -0.39 is 15.6 Å². The SMILES string of the molecule is CNCc1cccc(S(=O)(=O)NC2(C)CCOC2C)c1C. The van der Waals surface area contributed by atoms with Crippen LogP contribution in [0.15, 0.2) is 23.1 Å². The van der Waals surface area contributed by atoms with Crippen molar-refractivity contribution in [1.29, 1.82) is 0 Å². The maximum absolute atomic E-state index is 12.7. The number of rotatable bonds is 5. The molecule has 1 aliphatic rings. The molecule has 5 nitrogen and oxygen atoms in total. The molecule has 21 heavy (non-hydrogen) atoms. The monoisotopic (exact) mass is 312 g/mol. The molecule has 0 amide bonds. The molecule has 118 valence electrons. The lowest BCUT2D eigenvalue weighted by Crippen LogP contribution is -2.50. The Hall–Kier alpha value is -0.950. The summed E-state index contributed by atoms with van der Waals surface area (Å²) < 4.78 is 33.8. The van der Waals surface area contributed by atoms with Crippen molar-refractivity contribution in [2.75, 3.05) is 13.7 Å². The van der Waals surface area contributed by atoms with Gasteiger partial charge in [0.15, 0.2) is 0 Å². The molecule has 0 spiro atoms. The quantitative estimate of drug-likeness (QED) is 0.866. The Balaban J connectivity index is 2.34. The lowest BCUT2D eigenvalue weighted by Gasteiger charge is -2.29. The van der Waals surface area contributed by atoms with Crippen molar-refractivity contribution in [2.24, 2.45) is 0 Å². The summed E-state index contributed by atoms with van der Waals surface area (Å²) in [6.45, 7) is 6.87. The van der Waals surface area contributed by atoms with E-state index in [-0.39, 0.29) is 6.10 Å². The van der Waals surface area contributed by atoms with Gasteiger partial charge in [-0.3, -0.25) is 0 Å². The molecule has 0 aromatic heterocycles. The molecule has 1 aromatic rings. The van der Waals surface area contributed by atoms with E-state index in [2.05, 4.69) is 10.0 Å². The minimum Gasteiger partial charge on any atom is -0.376 e. The molecule has 2 N–H and O–H groups in total. The van der Waals surface area contributed by atoms with Crippen LogP contribution in [0, 0.1) is 6.92 Å². The van der Waals surface area contributed by atoms with Crippen molar-refractivity contribution in [1.82, 2.24) is 10.0 Å². The van der Waals surface area contributed by atoms with E-state index in [1.165, 1.54) is 0 Å². The Morgan fingerprint density at radius 2 is 2.14 bits per heavy atom. The first-order valence-corrected chi connectivity index (χ1v) is 8.67. The molecule has 1 heterocycles. The molecule has 2 atom stereocenters. The van der Waals surface area contributed by atoms with Crippen LogP contribution in [-0.2, 0) is 21.3 Å². The fourth-order valence-electron chi connectivity index (χ4n) is 2.66. The molecule has 6 heteroatoms. The van der Waals surface area contributed by atoms with Crippen molar-refractivity contribution in [3.8, 4) is 0 Å². The molecular formula is C15H24N2O3S. The van der Waals surface area contributed by atoms with Crippen LogP contribution >= 0.6 is 0 Å². The van der Waals surface area contributed by atoms with Gasteiger partial charge < -0.3 is 10.1 Å². The lowest BCUT2D eigenvalue weighted by atomic mass is 9.97. The van der Waals surface area contributed by atoms with Crippen LogP contribution in [0.2, 0.25) is 0 Å². The van der Waals surface area contributed by atoms with Crippen molar-refractivity contribution in [3.05, 3.63) is 29.3 Å². The first kappa shape index (κ1) is 16.4. The average Bonchev–Trinajstić information content (AvgIpc) is 2.71. The van der Waals surface area contributed by atoms with Crippen molar-refractivity contribution >= 4 is 10.0 Å². The number of hydrogen-bond acceptors (Lipinski definition) is 4. The second-order valence-corrected chi connectivity index (χ2v) is 7.51.